The van der Waals surface area contributed by atoms with Crippen molar-refractivity contribution in [3.63, 3.8) is 0 Å². The van der Waals surface area contributed by atoms with Gasteiger partial charge >= 0.3 is 0 Å². The van der Waals surface area contributed by atoms with Crippen molar-refractivity contribution in [1.29, 1.82) is 0 Å². The maximum atomic E-state index is 10.3. The molecule has 1 heterocycles. The molecule has 0 bridgehead atoms. The summed E-state index contributed by atoms with van der Waals surface area (Å²) in [6.45, 7) is 0.730. The smallest absolute Gasteiger partial charge is 0.263 e. The first kappa shape index (κ1) is 14.9. The van der Waals surface area contributed by atoms with Crippen LogP contribution in [0, 0.1) is 10.1 Å². The van der Waals surface area contributed by atoms with Crippen molar-refractivity contribution in [2.45, 2.75) is 6.42 Å². The molecule has 100 valence electrons. The van der Waals surface area contributed by atoms with Crippen LogP contribution < -0.4 is 5.32 Å². The van der Waals surface area contributed by atoms with E-state index in [4.69, 9.17) is 0 Å². The van der Waals surface area contributed by atoms with Gasteiger partial charge in [0.05, 0.1) is 11.3 Å². The molecule has 0 aliphatic rings. The number of hydrogen-bond acceptors (Lipinski definition) is 6. The van der Waals surface area contributed by atoms with Gasteiger partial charge in [0.15, 0.2) is 0 Å². The molecular weight excluding hydrogens is 272 g/mol. The Morgan fingerprint density at radius 3 is 3.11 bits per heavy atom. The van der Waals surface area contributed by atoms with Gasteiger partial charge in [-0.25, -0.2) is 4.98 Å². The van der Waals surface area contributed by atoms with Crippen LogP contribution in [0.3, 0.4) is 0 Å². The Morgan fingerprint density at radius 2 is 2.50 bits per heavy atom. The third kappa shape index (κ3) is 6.55. The van der Waals surface area contributed by atoms with Crippen molar-refractivity contribution in [3.8, 4) is 0 Å². The molecule has 1 rings (SSSR count). The lowest BCUT2D eigenvalue weighted by Gasteiger charge is -2.05. The highest BCUT2D eigenvalue weighted by atomic mass is 32.2. The fraction of sp³-hybridized carbons (Fsp3) is 0.500. The average Bonchev–Trinajstić information content (AvgIpc) is 2.84. The molecule has 1 aromatic heterocycles. The maximum absolute atomic E-state index is 10.3. The zero-order valence-electron chi connectivity index (χ0n) is 10.1. The van der Waals surface area contributed by atoms with E-state index < -0.39 is 4.92 Å². The van der Waals surface area contributed by atoms with Gasteiger partial charge in [0.25, 0.3) is 6.20 Å². The molecule has 0 amide bonds. The summed E-state index contributed by atoms with van der Waals surface area (Å²) in [5.74, 6) is 1.93. The van der Waals surface area contributed by atoms with Gasteiger partial charge in [-0.1, -0.05) is 0 Å². The summed E-state index contributed by atoms with van der Waals surface area (Å²) in [6, 6.07) is 0. The van der Waals surface area contributed by atoms with Crippen LogP contribution in [0.1, 0.15) is 5.69 Å². The zero-order chi connectivity index (χ0) is 13.2. The van der Waals surface area contributed by atoms with Crippen molar-refractivity contribution in [1.82, 2.24) is 15.3 Å². The lowest BCUT2D eigenvalue weighted by atomic mass is 10.4. The summed E-state index contributed by atoms with van der Waals surface area (Å²) < 4.78 is 0. The fourth-order valence-electron chi connectivity index (χ4n) is 1.22. The molecule has 0 fully saturated rings. The highest BCUT2D eigenvalue weighted by molar-refractivity contribution is 8.02. The number of nitro groups is 1. The highest BCUT2D eigenvalue weighted by Gasteiger charge is 2.00. The van der Waals surface area contributed by atoms with Gasteiger partial charge < -0.3 is 10.3 Å². The van der Waals surface area contributed by atoms with Crippen LogP contribution in [0.15, 0.2) is 23.8 Å². The molecule has 18 heavy (non-hydrogen) atoms. The van der Waals surface area contributed by atoms with Crippen molar-refractivity contribution < 1.29 is 4.92 Å². The number of aromatic nitrogens is 2. The third-order valence-corrected chi connectivity index (χ3v) is 3.73. The molecule has 0 aliphatic heterocycles. The summed E-state index contributed by atoms with van der Waals surface area (Å²) in [5, 5.41) is 13.9. The number of aromatic amines is 1. The number of imidazole rings is 1. The molecule has 0 aliphatic carbocycles. The Kier molecular flexibility index (Phi) is 7.35. The Bertz CT molecular complexity index is 381. The number of thioether (sulfide) groups is 2. The Morgan fingerprint density at radius 1 is 1.67 bits per heavy atom. The standard InChI is InChI=1S/C10H16N4O2S2/c1-17-10(7-14(15)16)12-3-5-18-4-2-9-6-11-8-13-9/h6-8,12H,2-5H2,1H3,(H,11,13)/b10-7+. The van der Waals surface area contributed by atoms with Crippen molar-refractivity contribution in [3.05, 3.63) is 39.6 Å². The van der Waals surface area contributed by atoms with E-state index >= 15 is 0 Å². The second-order valence-corrected chi connectivity index (χ2v) is 5.42. The minimum atomic E-state index is -0.440. The van der Waals surface area contributed by atoms with Gasteiger partial charge in [0.2, 0.25) is 0 Å². The van der Waals surface area contributed by atoms with Crippen LogP contribution >= 0.6 is 23.5 Å². The number of nitrogens with zero attached hydrogens (tertiary/aromatic N) is 2. The van der Waals surface area contributed by atoms with E-state index in [1.54, 1.807) is 18.1 Å². The predicted molar refractivity (Wildman–Crippen MR) is 76.2 cm³/mol. The number of nitrogens with one attached hydrogen (secondary N) is 2. The monoisotopic (exact) mass is 288 g/mol. The Hall–Kier alpha value is -1.15. The van der Waals surface area contributed by atoms with Crippen LogP contribution in [0.25, 0.3) is 0 Å². The molecule has 2 N–H and O–H groups in total. The molecule has 1 aromatic rings. The maximum Gasteiger partial charge on any atom is 0.263 e. The molecule has 0 radical (unpaired) electrons. The molecule has 0 atom stereocenters. The normalized spacial score (nSPS) is 11.5. The van der Waals surface area contributed by atoms with Crippen LogP contribution in [0.4, 0.5) is 0 Å². The molecule has 0 saturated carbocycles. The zero-order valence-corrected chi connectivity index (χ0v) is 11.7. The second-order valence-electron chi connectivity index (χ2n) is 3.35. The average molecular weight is 288 g/mol. The lowest BCUT2D eigenvalue weighted by molar-refractivity contribution is -0.403. The Labute approximate surface area is 114 Å². The number of aryl methyl sites for hydroxylation is 1. The van der Waals surface area contributed by atoms with E-state index in [9.17, 15) is 10.1 Å². The number of rotatable bonds is 9. The van der Waals surface area contributed by atoms with E-state index in [2.05, 4.69) is 15.3 Å². The van der Waals surface area contributed by atoms with Gasteiger partial charge in [0.1, 0.15) is 5.03 Å². The van der Waals surface area contributed by atoms with Crippen molar-refractivity contribution >= 4 is 23.5 Å². The highest BCUT2D eigenvalue weighted by Crippen LogP contribution is 2.08. The minimum Gasteiger partial charge on any atom is -0.374 e. The summed E-state index contributed by atoms with van der Waals surface area (Å²) in [6.07, 6.45) is 7.28. The fourth-order valence-corrected chi connectivity index (χ4v) is 2.47. The summed E-state index contributed by atoms with van der Waals surface area (Å²) in [4.78, 5) is 16.9. The predicted octanol–water partition coefficient (Wildman–Crippen LogP) is 1.71. The number of H-pyrrole nitrogens is 1. The third-order valence-electron chi connectivity index (χ3n) is 2.06. The first-order valence-electron chi connectivity index (χ1n) is 5.40. The molecule has 6 nitrogen and oxygen atoms in total. The molecule has 0 saturated heterocycles. The number of hydrogen-bond donors (Lipinski definition) is 2. The lowest BCUT2D eigenvalue weighted by Crippen LogP contribution is -2.15. The molecule has 8 heteroatoms. The molecular formula is C10H16N4O2S2. The van der Waals surface area contributed by atoms with E-state index in [0.29, 0.717) is 5.03 Å². The SMILES string of the molecule is CS/C(=C/[N+](=O)[O-])NCCSCCc1cnc[nH]1. The van der Waals surface area contributed by atoms with Gasteiger partial charge in [-0.3, -0.25) is 10.1 Å². The van der Waals surface area contributed by atoms with Crippen LogP contribution in [0.2, 0.25) is 0 Å². The van der Waals surface area contributed by atoms with Crippen molar-refractivity contribution in [2.24, 2.45) is 0 Å². The summed E-state index contributed by atoms with van der Waals surface area (Å²) in [7, 11) is 0. The summed E-state index contributed by atoms with van der Waals surface area (Å²) in [5.41, 5.74) is 1.13. The quantitative estimate of drug-likeness (QED) is 0.409. The van der Waals surface area contributed by atoms with E-state index in [1.165, 1.54) is 11.8 Å². The van der Waals surface area contributed by atoms with Gasteiger partial charge in [-0.15, -0.1) is 11.8 Å². The topological polar surface area (TPSA) is 83.8 Å². The van der Waals surface area contributed by atoms with E-state index in [0.717, 1.165) is 36.4 Å². The molecule has 0 spiro atoms. The van der Waals surface area contributed by atoms with E-state index in [-0.39, 0.29) is 0 Å². The van der Waals surface area contributed by atoms with Gasteiger partial charge in [-0.2, -0.15) is 11.8 Å². The minimum absolute atomic E-state index is 0.440. The van der Waals surface area contributed by atoms with E-state index in [1.807, 2.05) is 12.5 Å². The second kappa shape index (κ2) is 8.87. The van der Waals surface area contributed by atoms with Crippen LogP contribution in [-0.4, -0.2) is 39.2 Å². The van der Waals surface area contributed by atoms with Gasteiger partial charge in [0, 0.05) is 24.2 Å². The summed E-state index contributed by atoms with van der Waals surface area (Å²) >= 11 is 3.15. The largest absolute Gasteiger partial charge is 0.374 e. The first-order chi connectivity index (χ1) is 8.72. The molecule has 0 aromatic carbocycles. The Balaban J connectivity index is 2.06. The van der Waals surface area contributed by atoms with Crippen molar-refractivity contribution in [2.75, 3.05) is 24.3 Å². The van der Waals surface area contributed by atoms with Crippen LogP contribution in [-0.2, 0) is 6.42 Å². The van der Waals surface area contributed by atoms with Gasteiger partial charge in [-0.05, 0) is 18.4 Å². The molecule has 0 unspecified atom stereocenters. The first-order valence-corrected chi connectivity index (χ1v) is 7.78. The van der Waals surface area contributed by atoms with Crippen LogP contribution in [0.5, 0.6) is 0 Å².